The maximum Gasteiger partial charge on any atom is 0.419 e. The number of nitrogens with zero attached hydrogens (tertiary/aromatic N) is 3. The van der Waals surface area contributed by atoms with Gasteiger partial charge in [0.05, 0.1) is 23.3 Å². The predicted molar refractivity (Wildman–Crippen MR) is 90.1 cm³/mol. The number of anilines is 1. The molecule has 3 amide bonds. The number of hydrogen-bond acceptors (Lipinski definition) is 5. The largest absolute Gasteiger partial charge is 0.419 e. The number of nitrogens with one attached hydrogen (secondary N) is 1. The van der Waals surface area contributed by atoms with Crippen LogP contribution in [0.1, 0.15) is 6.42 Å². The summed E-state index contributed by atoms with van der Waals surface area (Å²) in [4.78, 5) is 39.1. The lowest BCUT2D eigenvalue weighted by molar-refractivity contribution is -0.131. The first-order valence-corrected chi connectivity index (χ1v) is 8.26. The first-order chi connectivity index (χ1) is 12.3. The minimum atomic E-state index is -0.668. The van der Waals surface area contributed by atoms with E-state index in [0.717, 1.165) is 6.07 Å². The fourth-order valence-corrected chi connectivity index (χ4v) is 3.58. The van der Waals surface area contributed by atoms with Crippen LogP contribution in [0.2, 0.25) is 0 Å². The molecule has 0 aliphatic carbocycles. The number of aryl methyl sites for hydroxylation is 1. The van der Waals surface area contributed by atoms with Crippen molar-refractivity contribution in [3.8, 4) is 0 Å². The summed E-state index contributed by atoms with van der Waals surface area (Å²) in [5.41, 5.74) is 6.19. The van der Waals surface area contributed by atoms with Gasteiger partial charge in [0.1, 0.15) is 5.82 Å². The number of urea groups is 1. The van der Waals surface area contributed by atoms with Gasteiger partial charge in [-0.25, -0.2) is 14.0 Å². The Morgan fingerprint density at radius 3 is 2.88 bits per heavy atom. The van der Waals surface area contributed by atoms with Crippen molar-refractivity contribution in [2.24, 2.45) is 12.8 Å². The van der Waals surface area contributed by atoms with Crippen LogP contribution in [-0.4, -0.2) is 58.0 Å². The summed E-state index contributed by atoms with van der Waals surface area (Å²) in [5, 5.41) is 2.51. The van der Waals surface area contributed by atoms with Gasteiger partial charge in [0.2, 0.25) is 5.91 Å². The average Bonchev–Trinajstić information content (AvgIpc) is 3.04. The van der Waals surface area contributed by atoms with E-state index in [0.29, 0.717) is 31.6 Å². The Bertz CT molecular complexity index is 967. The average molecular weight is 363 g/mol. The molecule has 0 radical (unpaired) electrons. The highest BCUT2D eigenvalue weighted by Gasteiger charge is 2.41. The second-order valence-electron chi connectivity index (χ2n) is 6.63. The minimum absolute atomic E-state index is 0.0709. The summed E-state index contributed by atoms with van der Waals surface area (Å²) in [6.07, 6.45) is 0.498. The lowest BCUT2D eigenvalue weighted by Gasteiger charge is -2.37. The van der Waals surface area contributed by atoms with Crippen LogP contribution in [-0.2, 0) is 11.8 Å². The second-order valence-corrected chi connectivity index (χ2v) is 6.63. The molecule has 10 heteroatoms. The maximum atomic E-state index is 14.3. The van der Waals surface area contributed by atoms with Gasteiger partial charge in [0.25, 0.3) is 0 Å². The Balaban J connectivity index is 1.52. The number of fused-ring (bicyclic) bond motifs is 2. The number of amides is 3. The summed E-state index contributed by atoms with van der Waals surface area (Å²) < 4.78 is 20.5. The van der Waals surface area contributed by atoms with Crippen LogP contribution in [0.5, 0.6) is 0 Å². The Morgan fingerprint density at radius 1 is 1.35 bits per heavy atom. The molecule has 3 heterocycles. The number of rotatable bonds is 1. The Kier molecular flexibility index (Phi) is 3.72. The third-order valence-electron chi connectivity index (χ3n) is 5.02. The number of halogens is 1. The van der Waals surface area contributed by atoms with Gasteiger partial charge in [0.15, 0.2) is 5.58 Å². The lowest BCUT2D eigenvalue weighted by Crippen LogP contribution is -2.54. The number of nitrogens with two attached hydrogens (primary N) is 1. The van der Waals surface area contributed by atoms with Crippen LogP contribution in [0.3, 0.4) is 0 Å². The van der Waals surface area contributed by atoms with E-state index < -0.39 is 23.6 Å². The monoisotopic (exact) mass is 363 g/mol. The first-order valence-electron chi connectivity index (χ1n) is 8.26. The maximum absolute atomic E-state index is 14.3. The molecular formula is C16H18FN5O4. The third-order valence-corrected chi connectivity index (χ3v) is 5.02. The van der Waals surface area contributed by atoms with Gasteiger partial charge in [-0.2, -0.15) is 0 Å². The van der Waals surface area contributed by atoms with Crippen LogP contribution in [0, 0.1) is 5.82 Å². The highest BCUT2D eigenvalue weighted by atomic mass is 19.1. The van der Waals surface area contributed by atoms with Crippen LogP contribution in [0.4, 0.5) is 14.9 Å². The topological polar surface area (TPSA) is 114 Å². The van der Waals surface area contributed by atoms with Gasteiger partial charge in [-0.05, 0) is 6.42 Å². The first kappa shape index (κ1) is 16.6. The molecule has 0 saturated carbocycles. The normalized spacial score (nSPS) is 22.8. The van der Waals surface area contributed by atoms with Gasteiger partial charge in [-0.1, -0.05) is 0 Å². The van der Waals surface area contributed by atoms with Gasteiger partial charge in [0, 0.05) is 38.8 Å². The number of hydrogen-bond donors (Lipinski definition) is 2. The van der Waals surface area contributed by atoms with Gasteiger partial charge in [-0.3, -0.25) is 9.36 Å². The number of carbonyl (C=O) groups excluding carboxylic acids is 2. The SMILES string of the molecule is Cn1c(=O)oc2cc(NC(=O)N3CCN4C(=O)C(N)CC4C3)c(F)cc21. The van der Waals surface area contributed by atoms with E-state index in [9.17, 15) is 18.8 Å². The highest BCUT2D eigenvalue weighted by molar-refractivity contribution is 5.92. The molecule has 0 bridgehead atoms. The molecule has 2 aromatic rings. The predicted octanol–water partition coefficient (Wildman–Crippen LogP) is 0.0463. The van der Waals surface area contributed by atoms with Crippen LogP contribution in [0.25, 0.3) is 11.1 Å². The summed E-state index contributed by atoms with van der Waals surface area (Å²) in [5.74, 6) is -1.37. The van der Waals surface area contributed by atoms with Crippen molar-refractivity contribution >= 4 is 28.7 Å². The molecular weight excluding hydrogens is 345 g/mol. The van der Waals surface area contributed by atoms with Crippen LogP contribution in [0.15, 0.2) is 21.3 Å². The third kappa shape index (κ3) is 2.53. The Labute approximate surface area is 147 Å². The van der Waals surface area contributed by atoms with Crippen LogP contribution >= 0.6 is 0 Å². The van der Waals surface area contributed by atoms with Crippen molar-refractivity contribution in [1.29, 1.82) is 0 Å². The Morgan fingerprint density at radius 2 is 2.12 bits per heavy atom. The molecule has 2 aliphatic rings. The molecule has 1 aromatic carbocycles. The van der Waals surface area contributed by atoms with Crippen molar-refractivity contribution < 1.29 is 18.4 Å². The zero-order valence-electron chi connectivity index (χ0n) is 14.1. The van der Waals surface area contributed by atoms with Crippen molar-refractivity contribution in [3.05, 3.63) is 28.5 Å². The molecule has 2 atom stereocenters. The molecule has 3 N–H and O–H groups in total. The van der Waals surface area contributed by atoms with Crippen molar-refractivity contribution in [3.63, 3.8) is 0 Å². The van der Waals surface area contributed by atoms with E-state index in [1.54, 1.807) is 4.90 Å². The van der Waals surface area contributed by atoms with Crippen molar-refractivity contribution in [1.82, 2.24) is 14.4 Å². The molecule has 138 valence electrons. The van der Waals surface area contributed by atoms with E-state index in [-0.39, 0.29) is 23.2 Å². The number of piperazine rings is 1. The van der Waals surface area contributed by atoms with E-state index >= 15 is 0 Å². The van der Waals surface area contributed by atoms with Crippen molar-refractivity contribution in [2.45, 2.75) is 18.5 Å². The van der Waals surface area contributed by atoms with E-state index in [4.69, 9.17) is 10.2 Å². The molecule has 9 nitrogen and oxygen atoms in total. The molecule has 1 aromatic heterocycles. The summed E-state index contributed by atoms with van der Waals surface area (Å²) in [6.45, 7) is 1.08. The number of oxazole rings is 1. The standard InChI is InChI=1S/C16H18FN5O4/c1-20-12-5-9(17)11(6-13(12)26-16(20)25)19-15(24)21-2-3-22-8(7-21)4-10(18)14(22)23/h5-6,8,10H,2-4,7,18H2,1H3,(H,19,24). The zero-order chi connectivity index (χ0) is 18.6. The van der Waals surface area contributed by atoms with Gasteiger partial charge < -0.3 is 25.3 Å². The Hall–Kier alpha value is -2.88. The smallest absolute Gasteiger partial charge is 0.408 e. The molecule has 0 spiro atoms. The molecule has 2 aliphatic heterocycles. The fraction of sp³-hybridized carbons (Fsp3) is 0.438. The number of aromatic nitrogens is 1. The summed E-state index contributed by atoms with van der Waals surface area (Å²) in [7, 11) is 1.47. The second kappa shape index (κ2) is 5.84. The van der Waals surface area contributed by atoms with E-state index in [2.05, 4.69) is 5.32 Å². The molecule has 2 saturated heterocycles. The van der Waals surface area contributed by atoms with Crippen molar-refractivity contribution in [2.75, 3.05) is 25.0 Å². The van der Waals surface area contributed by atoms with Gasteiger partial charge in [-0.15, -0.1) is 0 Å². The molecule has 2 fully saturated rings. The molecule has 2 unspecified atom stereocenters. The quantitative estimate of drug-likeness (QED) is 0.743. The molecule has 4 rings (SSSR count). The van der Waals surface area contributed by atoms with Crippen LogP contribution < -0.4 is 16.8 Å². The highest BCUT2D eigenvalue weighted by Crippen LogP contribution is 2.25. The summed E-state index contributed by atoms with van der Waals surface area (Å²) >= 11 is 0. The number of carbonyl (C=O) groups is 2. The fourth-order valence-electron chi connectivity index (χ4n) is 3.58. The zero-order valence-corrected chi connectivity index (χ0v) is 14.1. The van der Waals surface area contributed by atoms with E-state index in [1.165, 1.54) is 22.6 Å². The van der Waals surface area contributed by atoms with Gasteiger partial charge >= 0.3 is 11.8 Å². The minimum Gasteiger partial charge on any atom is -0.408 e. The lowest BCUT2D eigenvalue weighted by atomic mass is 10.1. The summed E-state index contributed by atoms with van der Waals surface area (Å²) in [6, 6.07) is 1.31. The number of benzene rings is 1. The van der Waals surface area contributed by atoms with E-state index in [1.807, 2.05) is 0 Å². The molecule has 26 heavy (non-hydrogen) atoms.